The number of carbonyl (C=O) groups is 1. The molecular formula is C21H20N6O. The van der Waals surface area contributed by atoms with Gasteiger partial charge in [-0.25, -0.2) is 15.0 Å². The molecule has 1 aromatic heterocycles. The monoisotopic (exact) mass is 372 g/mol. The van der Waals surface area contributed by atoms with Crippen molar-refractivity contribution in [3.8, 4) is 6.07 Å². The number of likely N-dealkylation sites (N-methyl/N-ethyl adjacent to an activating group) is 1. The van der Waals surface area contributed by atoms with Crippen molar-refractivity contribution in [2.75, 3.05) is 25.5 Å². The molecule has 3 rings (SSSR count). The van der Waals surface area contributed by atoms with Crippen LogP contribution in [0.5, 0.6) is 0 Å². The van der Waals surface area contributed by atoms with Gasteiger partial charge in [-0.2, -0.15) is 5.26 Å². The molecule has 0 unspecified atom stereocenters. The Kier molecular flexibility index (Phi) is 5.92. The number of aliphatic imine (C=N–C) groups is 1. The van der Waals surface area contributed by atoms with Crippen LogP contribution >= 0.6 is 0 Å². The smallest absolute Gasteiger partial charge is 0.277 e. The van der Waals surface area contributed by atoms with Gasteiger partial charge >= 0.3 is 0 Å². The molecule has 0 N–H and O–H groups in total. The highest BCUT2D eigenvalue weighted by molar-refractivity contribution is 6.18. The standard InChI is InChI=1S/C21H20N6O/c1-26(12-6-11-22)21-23-14-17(15-24-21)13-18-20(28)27(2)19(25-18)10-9-16-7-4-3-5-8-16/h3-5,7-10,13-15H,6,12H2,1-2H3/b10-9+,18-13-. The van der Waals surface area contributed by atoms with Crippen molar-refractivity contribution in [3.05, 3.63) is 65.6 Å². The minimum Gasteiger partial charge on any atom is -0.343 e. The van der Waals surface area contributed by atoms with E-state index in [9.17, 15) is 4.79 Å². The molecule has 0 aliphatic carbocycles. The summed E-state index contributed by atoms with van der Waals surface area (Å²) in [6.07, 6.45) is 9.08. The summed E-state index contributed by atoms with van der Waals surface area (Å²) in [4.78, 5) is 28.8. The first-order valence-corrected chi connectivity index (χ1v) is 8.80. The van der Waals surface area contributed by atoms with E-state index < -0.39 is 0 Å². The SMILES string of the molecule is CN1C(=O)/C(=C/c2cnc(N(C)CCC#N)nc2)N=C1/C=C/c1ccccc1. The molecule has 0 bridgehead atoms. The first kappa shape index (κ1) is 19.0. The predicted molar refractivity (Wildman–Crippen MR) is 109 cm³/mol. The van der Waals surface area contributed by atoms with Gasteiger partial charge in [-0.05, 0) is 17.7 Å². The van der Waals surface area contributed by atoms with Gasteiger partial charge in [-0.1, -0.05) is 36.4 Å². The normalized spacial score (nSPS) is 15.2. The number of rotatable bonds is 6. The number of benzene rings is 1. The lowest BCUT2D eigenvalue weighted by molar-refractivity contribution is -0.121. The molecule has 0 saturated carbocycles. The molecule has 0 saturated heterocycles. The second-order valence-corrected chi connectivity index (χ2v) is 6.25. The van der Waals surface area contributed by atoms with Crippen molar-refractivity contribution >= 4 is 29.8 Å². The number of hydrogen-bond donors (Lipinski definition) is 0. The van der Waals surface area contributed by atoms with Crippen LogP contribution in [-0.2, 0) is 4.79 Å². The average Bonchev–Trinajstić information content (AvgIpc) is 2.99. The van der Waals surface area contributed by atoms with Crippen molar-refractivity contribution in [1.82, 2.24) is 14.9 Å². The second-order valence-electron chi connectivity index (χ2n) is 6.25. The third kappa shape index (κ3) is 4.48. The molecule has 0 radical (unpaired) electrons. The molecule has 1 aliphatic heterocycles. The fraction of sp³-hybridized carbons (Fsp3) is 0.190. The Labute approximate surface area is 164 Å². The number of anilines is 1. The Morgan fingerprint density at radius 1 is 1.14 bits per heavy atom. The van der Waals surface area contributed by atoms with E-state index in [1.165, 1.54) is 4.90 Å². The van der Waals surface area contributed by atoms with Crippen LogP contribution in [-0.4, -0.2) is 47.3 Å². The van der Waals surface area contributed by atoms with Crippen molar-refractivity contribution < 1.29 is 4.79 Å². The molecule has 7 heteroatoms. The van der Waals surface area contributed by atoms with Gasteiger partial charge in [-0.15, -0.1) is 0 Å². The van der Waals surface area contributed by atoms with Crippen molar-refractivity contribution in [2.24, 2.45) is 4.99 Å². The first-order chi connectivity index (χ1) is 13.6. The number of amides is 1. The summed E-state index contributed by atoms with van der Waals surface area (Å²) in [6, 6.07) is 11.9. The van der Waals surface area contributed by atoms with Crippen LogP contribution in [0.15, 0.2) is 59.5 Å². The van der Waals surface area contributed by atoms with Gasteiger partial charge in [0.2, 0.25) is 5.95 Å². The van der Waals surface area contributed by atoms with E-state index in [2.05, 4.69) is 21.0 Å². The van der Waals surface area contributed by atoms with E-state index in [4.69, 9.17) is 5.26 Å². The second kappa shape index (κ2) is 8.73. The minimum absolute atomic E-state index is 0.178. The van der Waals surface area contributed by atoms with Crippen molar-refractivity contribution in [1.29, 1.82) is 5.26 Å². The van der Waals surface area contributed by atoms with E-state index in [1.54, 1.807) is 30.4 Å². The van der Waals surface area contributed by atoms with E-state index in [0.717, 1.165) is 5.56 Å². The van der Waals surface area contributed by atoms with Crippen LogP contribution in [0.4, 0.5) is 5.95 Å². The lowest BCUT2D eigenvalue weighted by atomic mass is 10.2. The molecule has 0 fully saturated rings. The lowest BCUT2D eigenvalue weighted by Crippen LogP contribution is -2.26. The summed E-state index contributed by atoms with van der Waals surface area (Å²) < 4.78 is 0. The van der Waals surface area contributed by atoms with E-state index in [-0.39, 0.29) is 5.91 Å². The average molecular weight is 372 g/mol. The predicted octanol–water partition coefficient (Wildman–Crippen LogP) is 2.75. The van der Waals surface area contributed by atoms with Gasteiger partial charge in [0.05, 0.1) is 12.5 Å². The summed E-state index contributed by atoms with van der Waals surface area (Å²) in [6.45, 7) is 0.557. The number of nitriles is 1. The molecule has 140 valence electrons. The molecular weight excluding hydrogens is 352 g/mol. The highest BCUT2D eigenvalue weighted by Crippen LogP contribution is 2.18. The molecule has 28 heavy (non-hydrogen) atoms. The molecule has 2 heterocycles. The maximum atomic E-state index is 12.5. The first-order valence-electron chi connectivity index (χ1n) is 8.80. The van der Waals surface area contributed by atoms with Crippen LogP contribution in [0.2, 0.25) is 0 Å². The third-order valence-corrected chi connectivity index (χ3v) is 4.19. The Balaban J connectivity index is 1.76. The Morgan fingerprint density at radius 3 is 2.54 bits per heavy atom. The van der Waals surface area contributed by atoms with E-state index >= 15 is 0 Å². The number of hydrogen-bond acceptors (Lipinski definition) is 6. The lowest BCUT2D eigenvalue weighted by Gasteiger charge is -2.14. The fourth-order valence-corrected chi connectivity index (χ4v) is 2.58. The van der Waals surface area contributed by atoms with Gasteiger partial charge in [-0.3, -0.25) is 9.69 Å². The summed E-state index contributed by atoms with van der Waals surface area (Å²) in [7, 11) is 3.52. The number of carbonyl (C=O) groups excluding carboxylic acids is 1. The largest absolute Gasteiger partial charge is 0.343 e. The molecule has 1 aliphatic rings. The summed E-state index contributed by atoms with van der Waals surface area (Å²) in [5.74, 6) is 0.930. The van der Waals surface area contributed by atoms with Gasteiger partial charge in [0.25, 0.3) is 5.91 Å². The molecule has 1 aromatic carbocycles. The van der Waals surface area contributed by atoms with Gasteiger partial charge < -0.3 is 4.90 Å². The van der Waals surface area contributed by atoms with E-state index in [1.807, 2.05) is 49.5 Å². The quantitative estimate of drug-likeness (QED) is 0.728. The van der Waals surface area contributed by atoms with Gasteiger partial charge in [0.1, 0.15) is 11.5 Å². The highest BCUT2D eigenvalue weighted by Gasteiger charge is 2.25. The van der Waals surface area contributed by atoms with E-state index in [0.29, 0.717) is 36.0 Å². The number of amidine groups is 1. The van der Waals surface area contributed by atoms with Crippen LogP contribution in [0.25, 0.3) is 12.2 Å². The summed E-state index contributed by atoms with van der Waals surface area (Å²) in [5.41, 5.74) is 2.06. The van der Waals surface area contributed by atoms with Crippen LogP contribution in [0, 0.1) is 11.3 Å². The Hall–Kier alpha value is -3.79. The van der Waals surface area contributed by atoms with Crippen molar-refractivity contribution in [2.45, 2.75) is 6.42 Å². The number of aromatic nitrogens is 2. The zero-order valence-electron chi connectivity index (χ0n) is 15.8. The minimum atomic E-state index is -0.178. The number of nitrogens with zero attached hydrogens (tertiary/aromatic N) is 6. The highest BCUT2D eigenvalue weighted by atomic mass is 16.2. The van der Waals surface area contributed by atoms with Crippen LogP contribution < -0.4 is 4.90 Å². The molecule has 1 amide bonds. The third-order valence-electron chi connectivity index (χ3n) is 4.19. The summed E-state index contributed by atoms with van der Waals surface area (Å²) >= 11 is 0. The van der Waals surface area contributed by atoms with Gasteiger partial charge in [0.15, 0.2) is 0 Å². The zero-order valence-corrected chi connectivity index (χ0v) is 15.8. The van der Waals surface area contributed by atoms with Crippen LogP contribution in [0.1, 0.15) is 17.5 Å². The fourth-order valence-electron chi connectivity index (χ4n) is 2.58. The Bertz CT molecular complexity index is 970. The van der Waals surface area contributed by atoms with Gasteiger partial charge in [0, 0.05) is 38.6 Å². The molecule has 0 atom stereocenters. The maximum absolute atomic E-state index is 12.5. The van der Waals surface area contributed by atoms with Crippen molar-refractivity contribution in [3.63, 3.8) is 0 Å². The molecule has 2 aromatic rings. The summed E-state index contributed by atoms with van der Waals surface area (Å²) in [5, 5.41) is 8.66. The molecule has 0 spiro atoms. The molecule has 7 nitrogen and oxygen atoms in total. The Morgan fingerprint density at radius 2 is 1.86 bits per heavy atom. The topological polar surface area (TPSA) is 85.5 Å². The maximum Gasteiger partial charge on any atom is 0.277 e. The zero-order chi connectivity index (χ0) is 19.9. The van der Waals surface area contributed by atoms with Crippen LogP contribution in [0.3, 0.4) is 0 Å².